The van der Waals surface area contributed by atoms with Crippen molar-refractivity contribution in [2.24, 2.45) is 0 Å². The summed E-state index contributed by atoms with van der Waals surface area (Å²) in [4.78, 5) is 0. The molecule has 0 fully saturated rings. The van der Waals surface area contributed by atoms with Gasteiger partial charge in [0, 0.05) is 18.1 Å². The minimum absolute atomic E-state index is 0.0807. The molecule has 0 aromatic heterocycles. The van der Waals surface area contributed by atoms with Crippen molar-refractivity contribution in [2.45, 2.75) is 18.9 Å². The van der Waals surface area contributed by atoms with E-state index in [2.05, 4.69) is 0 Å². The highest BCUT2D eigenvalue weighted by molar-refractivity contribution is 5.28. The standard InChI is InChI=1S/C15H13F3O/c1-15(19,13-4-2-3-5-14(13)18)9-10-6-11(16)8-12(17)7-10/h2-8,19H,9H2,1H3. The summed E-state index contributed by atoms with van der Waals surface area (Å²) in [6.45, 7) is 1.41. The summed E-state index contributed by atoms with van der Waals surface area (Å²) in [5.41, 5.74) is -1.17. The first kappa shape index (κ1) is 13.6. The van der Waals surface area contributed by atoms with Crippen molar-refractivity contribution in [2.75, 3.05) is 0 Å². The fourth-order valence-corrected chi connectivity index (χ4v) is 2.10. The van der Waals surface area contributed by atoms with E-state index in [-0.39, 0.29) is 17.5 Å². The van der Waals surface area contributed by atoms with E-state index in [1.165, 1.54) is 25.1 Å². The lowest BCUT2D eigenvalue weighted by atomic mass is 9.88. The maximum Gasteiger partial charge on any atom is 0.129 e. The Hall–Kier alpha value is -1.81. The van der Waals surface area contributed by atoms with E-state index in [9.17, 15) is 18.3 Å². The monoisotopic (exact) mass is 266 g/mol. The van der Waals surface area contributed by atoms with Crippen molar-refractivity contribution in [3.8, 4) is 0 Å². The summed E-state index contributed by atoms with van der Waals surface area (Å²) in [6.07, 6.45) is -0.0807. The van der Waals surface area contributed by atoms with Crippen molar-refractivity contribution in [3.05, 3.63) is 71.0 Å². The van der Waals surface area contributed by atoms with Crippen molar-refractivity contribution >= 4 is 0 Å². The van der Waals surface area contributed by atoms with Crippen LogP contribution in [0.3, 0.4) is 0 Å². The molecule has 1 N–H and O–H groups in total. The zero-order valence-corrected chi connectivity index (χ0v) is 10.3. The Morgan fingerprint density at radius 1 is 1.00 bits per heavy atom. The quantitative estimate of drug-likeness (QED) is 0.900. The predicted molar refractivity (Wildman–Crippen MR) is 66.0 cm³/mol. The summed E-state index contributed by atoms with van der Waals surface area (Å²) >= 11 is 0. The third kappa shape index (κ3) is 3.15. The average molecular weight is 266 g/mol. The first-order valence-electron chi connectivity index (χ1n) is 5.81. The average Bonchev–Trinajstić information content (AvgIpc) is 2.26. The smallest absolute Gasteiger partial charge is 0.129 e. The molecule has 0 radical (unpaired) electrons. The van der Waals surface area contributed by atoms with Gasteiger partial charge in [-0.2, -0.15) is 0 Å². The molecular weight excluding hydrogens is 253 g/mol. The number of rotatable bonds is 3. The van der Waals surface area contributed by atoms with Crippen LogP contribution in [0.4, 0.5) is 13.2 Å². The van der Waals surface area contributed by atoms with Crippen LogP contribution in [0.25, 0.3) is 0 Å². The Morgan fingerprint density at radius 2 is 1.58 bits per heavy atom. The molecule has 2 aromatic carbocycles. The molecule has 1 unspecified atom stereocenters. The third-order valence-electron chi connectivity index (χ3n) is 2.92. The second-order valence-electron chi connectivity index (χ2n) is 4.71. The molecule has 2 aromatic rings. The van der Waals surface area contributed by atoms with Crippen LogP contribution < -0.4 is 0 Å². The van der Waals surface area contributed by atoms with E-state index in [4.69, 9.17) is 0 Å². The number of halogens is 3. The molecule has 0 bridgehead atoms. The van der Waals surface area contributed by atoms with Crippen LogP contribution in [0.5, 0.6) is 0 Å². The van der Waals surface area contributed by atoms with E-state index in [1.54, 1.807) is 6.07 Å². The first-order chi connectivity index (χ1) is 8.88. The third-order valence-corrected chi connectivity index (χ3v) is 2.92. The second kappa shape index (κ2) is 5.05. The topological polar surface area (TPSA) is 20.2 Å². The van der Waals surface area contributed by atoms with Crippen LogP contribution in [0.2, 0.25) is 0 Å². The van der Waals surface area contributed by atoms with Crippen molar-refractivity contribution in [1.82, 2.24) is 0 Å². The van der Waals surface area contributed by atoms with E-state index in [1.807, 2.05) is 0 Å². The van der Waals surface area contributed by atoms with Crippen LogP contribution in [0.1, 0.15) is 18.1 Å². The molecule has 0 aliphatic heterocycles. The van der Waals surface area contributed by atoms with E-state index in [0.717, 1.165) is 18.2 Å². The Kier molecular flexibility index (Phi) is 3.62. The lowest BCUT2D eigenvalue weighted by molar-refractivity contribution is 0.0537. The Bertz CT molecular complexity index is 573. The van der Waals surface area contributed by atoms with Gasteiger partial charge in [-0.3, -0.25) is 0 Å². The molecule has 2 rings (SSSR count). The Morgan fingerprint density at radius 3 is 2.16 bits per heavy atom. The van der Waals surface area contributed by atoms with Crippen LogP contribution in [0, 0.1) is 17.5 Å². The molecular formula is C15H13F3O. The van der Waals surface area contributed by atoms with Crippen molar-refractivity contribution < 1.29 is 18.3 Å². The maximum absolute atomic E-state index is 13.6. The number of hydrogen-bond acceptors (Lipinski definition) is 1. The van der Waals surface area contributed by atoms with E-state index >= 15 is 0 Å². The molecule has 1 atom stereocenters. The molecule has 100 valence electrons. The minimum atomic E-state index is -1.54. The van der Waals surface area contributed by atoms with Gasteiger partial charge < -0.3 is 5.11 Å². The highest BCUT2D eigenvalue weighted by atomic mass is 19.1. The highest BCUT2D eigenvalue weighted by Gasteiger charge is 2.27. The molecule has 4 heteroatoms. The summed E-state index contributed by atoms with van der Waals surface area (Å²) in [5.74, 6) is -2.00. The molecule has 0 aliphatic rings. The molecule has 0 spiro atoms. The summed E-state index contributed by atoms with van der Waals surface area (Å²) in [5, 5.41) is 10.3. The molecule has 0 amide bonds. The zero-order valence-electron chi connectivity index (χ0n) is 10.3. The lowest BCUT2D eigenvalue weighted by Crippen LogP contribution is -2.25. The Balaban J connectivity index is 2.33. The van der Waals surface area contributed by atoms with Crippen LogP contribution in [-0.2, 0) is 12.0 Å². The van der Waals surface area contributed by atoms with Gasteiger partial charge in [-0.05, 0) is 30.7 Å². The van der Waals surface area contributed by atoms with Gasteiger partial charge in [0.2, 0.25) is 0 Å². The summed E-state index contributed by atoms with van der Waals surface area (Å²) in [6, 6.07) is 8.79. The highest BCUT2D eigenvalue weighted by Crippen LogP contribution is 2.27. The van der Waals surface area contributed by atoms with Gasteiger partial charge in [-0.25, -0.2) is 13.2 Å². The van der Waals surface area contributed by atoms with Gasteiger partial charge >= 0.3 is 0 Å². The first-order valence-corrected chi connectivity index (χ1v) is 5.81. The van der Waals surface area contributed by atoms with Gasteiger partial charge in [0.05, 0.1) is 5.60 Å². The van der Waals surface area contributed by atoms with Gasteiger partial charge in [0.1, 0.15) is 17.5 Å². The van der Waals surface area contributed by atoms with Crippen molar-refractivity contribution in [3.63, 3.8) is 0 Å². The molecule has 0 saturated carbocycles. The number of hydrogen-bond donors (Lipinski definition) is 1. The summed E-state index contributed by atoms with van der Waals surface area (Å²) < 4.78 is 39.8. The largest absolute Gasteiger partial charge is 0.385 e. The molecule has 0 saturated heterocycles. The van der Waals surface area contributed by atoms with Crippen LogP contribution in [0.15, 0.2) is 42.5 Å². The number of benzene rings is 2. The van der Waals surface area contributed by atoms with E-state index < -0.39 is 23.1 Å². The number of aliphatic hydroxyl groups is 1. The molecule has 1 nitrogen and oxygen atoms in total. The maximum atomic E-state index is 13.6. The SMILES string of the molecule is CC(O)(Cc1cc(F)cc(F)c1)c1ccccc1F. The normalized spacial score (nSPS) is 14.2. The van der Waals surface area contributed by atoms with Crippen LogP contribution in [-0.4, -0.2) is 5.11 Å². The fourth-order valence-electron chi connectivity index (χ4n) is 2.10. The molecule has 0 heterocycles. The fraction of sp³-hybridized carbons (Fsp3) is 0.200. The lowest BCUT2D eigenvalue weighted by Gasteiger charge is -2.24. The van der Waals surface area contributed by atoms with Gasteiger partial charge in [-0.15, -0.1) is 0 Å². The van der Waals surface area contributed by atoms with Crippen molar-refractivity contribution in [1.29, 1.82) is 0 Å². The molecule has 0 aliphatic carbocycles. The van der Waals surface area contributed by atoms with Gasteiger partial charge in [0.25, 0.3) is 0 Å². The van der Waals surface area contributed by atoms with Crippen LogP contribution >= 0.6 is 0 Å². The van der Waals surface area contributed by atoms with Gasteiger partial charge in [-0.1, -0.05) is 18.2 Å². The predicted octanol–water partition coefficient (Wildman–Crippen LogP) is 3.55. The summed E-state index contributed by atoms with van der Waals surface area (Å²) in [7, 11) is 0. The Labute approximate surface area is 109 Å². The second-order valence-corrected chi connectivity index (χ2v) is 4.71. The van der Waals surface area contributed by atoms with E-state index in [0.29, 0.717) is 0 Å². The molecule has 19 heavy (non-hydrogen) atoms. The zero-order chi connectivity index (χ0) is 14.0. The van der Waals surface area contributed by atoms with Gasteiger partial charge in [0.15, 0.2) is 0 Å². The minimum Gasteiger partial charge on any atom is -0.385 e.